The number of hydrogen-bond acceptors (Lipinski definition) is 4. The van der Waals surface area contributed by atoms with Crippen molar-refractivity contribution in [3.8, 4) is 5.75 Å². The van der Waals surface area contributed by atoms with Crippen LogP contribution < -0.4 is 0 Å². The molecule has 5 heteroatoms. The van der Waals surface area contributed by atoms with Crippen LogP contribution in [0.3, 0.4) is 0 Å². The van der Waals surface area contributed by atoms with E-state index in [1.54, 1.807) is 30.6 Å². The number of pyridine rings is 1. The molecule has 100 valence electrons. The van der Waals surface area contributed by atoms with Crippen LogP contribution >= 0.6 is 0 Å². The van der Waals surface area contributed by atoms with E-state index in [0.29, 0.717) is 18.4 Å². The minimum absolute atomic E-state index is 0.173. The Morgan fingerprint density at radius 1 is 1.25 bits per heavy atom. The number of benzene rings is 1. The average molecular weight is 267 g/mol. The monoisotopic (exact) mass is 267 g/mol. The zero-order chi connectivity index (χ0) is 13.9. The lowest BCUT2D eigenvalue weighted by molar-refractivity contribution is -0.119. The van der Waals surface area contributed by atoms with Gasteiger partial charge >= 0.3 is 0 Å². The topological polar surface area (TPSA) is 65.8 Å². The largest absolute Gasteiger partial charge is 0.508 e. The first-order chi connectivity index (χ1) is 9.79. The van der Waals surface area contributed by atoms with E-state index in [0.717, 1.165) is 11.3 Å². The summed E-state index contributed by atoms with van der Waals surface area (Å²) >= 11 is 0. The van der Waals surface area contributed by atoms with Gasteiger partial charge in [0.05, 0.1) is 11.8 Å². The fourth-order valence-corrected chi connectivity index (χ4v) is 2.35. The van der Waals surface area contributed by atoms with Gasteiger partial charge in [0.15, 0.2) is 0 Å². The van der Waals surface area contributed by atoms with Gasteiger partial charge in [0.2, 0.25) is 6.41 Å². The number of phenolic OH excluding ortho intramolecular Hbond substituents is 1. The lowest BCUT2D eigenvalue weighted by Gasteiger charge is -2.18. The van der Waals surface area contributed by atoms with Gasteiger partial charge in [-0.25, -0.2) is 5.01 Å². The number of aromatic hydroxyl groups is 1. The molecular weight excluding hydrogens is 254 g/mol. The fourth-order valence-electron chi connectivity index (χ4n) is 2.35. The van der Waals surface area contributed by atoms with Crippen molar-refractivity contribution in [1.82, 2.24) is 9.99 Å². The highest BCUT2D eigenvalue weighted by Crippen LogP contribution is 2.35. The maximum Gasteiger partial charge on any atom is 0.230 e. The zero-order valence-electron chi connectivity index (χ0n) is 10.7. The van der Waals surface area contributed by atoms with E-state index in [-0.39, 0.29) is 11.8 Å². The highest BCUT2D eigenvalue weighted by Gasteiger charge is 2.30. The molecule has 5 nitrogen and oxygen atoms in total. The SMILES string of the molecule is O=CN1N=C(c2cccnc2)CC1c1ccccc1O. The van der Waals surface area contributed by atoms with Crippen LogP contribution in [0.4, 0.5) is 0 Å². The van der Waals surface area contributed by atoms with E-state index >= 15 is 0 Å². The number of carbonyl (C=O) groups excluding carboxylic acids is 1. The Hall–Kier alpha value is -2.69. The van der Waals surface area contributed by atoms with Crippen LogP contribution in [0.5, 0.6) is 5.75 Å². The van der Waals surface area contributed by atoms with Crippen LogP contribution in [0.2, 0.25) is 0 Å². The lowest BCUT2D eigenvalue weighted by Crippen LogP contribution is -2.17. The van der Waals surface area contributed by atoms with E-state index in [2.05, 4.69) is 10.1 Å². The van der Waals surface area contributed by atoms with E-state index in [1.165, 1.54) is 5.01 Å². The summed E-state index contributed by atoms with van der Waals surface area (Å²) in [6, 6.07) is 10.5. The van der Waals surface area contributed by atoms with E-state index in [1.807, 2.05) is 18.2 Å². The molecule has 0 spiro atoms. The molecule has 1 aliphatic heterocycles. The van der Waals surface area contributed by atoms with Crippen molar-refractivity contribution in [2.24, 2.45) is 5.10 Å². The van der Waals surface area contributed by atoms with Crippen molar-refractivity contribution >= 4 is 12.1 Å². The van der Waals surface area contributed by atoms with Crippen molar-refractivity contribution in [3.63, 3.8) is 0 Å². The number of phenols is 1. The molecule has 0 aliphatic carbocycles. The first kappa shape index (κ1) is 12.3. The second-order valence-electron chi connectivity index (χ2n) is 4.55. The maximum absolute atomic E-state index is 11.2. The third-order valence-corrected chi connectivity index (χ3v) is 3.34. The van der Waals surface area contributed by atoms with Gasteiger partial charge < -0.3 is 5.11 Å². The smallest absolute Gasteiger partial charge is 0.230 e. The Balaban J connectivity index is 1.94. The predicted octanol–water partition coefficient (Wildman–Crippen LogP) is 2.09. The molecule has 0 fully saturated rings. The summed E-state index contributed by atoms with van der Waals surface area (Å²) < 4.78 is 0. The van der Waals surface area contributed by atoms with Crippen molar-refractivity contribution in [2.45, 2.75) is 12.5 Å². The summed E-state index contributed by atoms with van der Waals surface area (Å²) in [6.45, 7) is 0. The Morgan fingerprint density at radius 3 is 2.80 bits per heavy atom. The number of amides is 1. The molecule has 3 rings (SSSR count). The van der Waals surface area contributed by atoms with E-state index in [4.69, 9.17) is 0 Å². The zero-order valence-corrected chi connectivity index (χ0v) is 10.7. The Kier molecular flexibility index (Phi) is 3.16. The normalized spacial score (nSPS) is 17.9. The van der Waals surface area contributed by atoms with Gasteiger partial charge in [0.1, 0.15) is 5.75 Å². The first-order valence-electron chi connectivity index (χ1n) is 6.29. The van der Waals surface area contributed by atoms with E-state index in [9.17, 15) is 9.90 Å². The number of hydrogen-bond donors (Lipinski definition) is 1. The highest BCUT2D eigenvalue weighted by molar-refractivity contribution is 6.02. The van der Waals surface area contributed by atoms with E-state index < -0.39 is 0 Å². The minimum atomic E-state index is -0.274. The highest BCUT2D eigenvalue weighted by atomic mass is 16.3. The molecule has 20 heavy (non-hydrogen) atoms. The number of aromatic nitrogens is 1. The van der Waals surface area contributed by atoms with Gasteiger partial charge in [0.25, 0.3) is 0 Å². The number of para-hydroxylation sites is 1. The van der Waals surface area contributed by atoms with Crippen LogP contribution in [0.25, 0.3) is 0 Å². The standard InChI is InChI=1S/C15H13N3O2/c19-10-18-14(12-5-1-2-6-15(12)20)8-13(17-18)11-4-3-7-16-9-11/h1-7,9-10,14,20H,8H2. The molecule has 0 radical (unpaired) electrons. The van der Waals surface area contributed by atoms with Crippen LogP contribution in [0.15, 0.2) is 53.9 Å². The first-order valence-corrected chi connectivity index (χ1v) is 6.29. The third kappa shape index (κ3) is 2.14. The van der Waals surface area contributed by atoms with Crippen LogP contribution in [0.1, 0.15) is 23.6 Å². The molecule has 2 aromatic rings. The van der Waals surface area contributed by atoms with Crippen LogP contribution in [0, 0.1) is 0 Å². The Bertz CT molecular complexity index is 655. The van der Waals surface area contributed by atoms with Gasteiger partial charge in [-0.3, -0.25) is 9.78 Å². The fraction of sp³-hybridized carbons (Fsp3) is 0.133. The molecule has 0 bridgehead atoms. The van der Waals surface area contributed by atoms with Gasteiger partial charge in [-0.1, -0.05) is 24.3 Å². The average Bonchev–Trinajstić information content (AvgIpc) is 2.93. The van der Waals surface area contributed by atoms with Gasteiger partial charge in [-0.15, -0.1) is 0 Å². The number of hydrazone groups is 1. The Morgan fingerprint density at radius 2 is 2.10 bits per heavy atom. The summed E-state index contributed by atoms with van der Waals surface area (Å²) in [6.07, 6.45) is 4.65. The summed E-state index contributed by atoms with van der Waals surface area (Å²) in [5.41, 5.74) is 2.37. The predicted molar refractivity (Wildman–Crippen MR) is 74.1 cm³/mol. The van der Waals surface area contributed by atoms with Gasteiger partial charge in [0, 0.05) is 29.9 Å². The van der Waals surface area contributed by atoms with Gasteiger partial charge in [-0.2, -0.15) is 5.10 Å². The van der Waals surface area contributed by atoms with Crippen LogP contribution in [-0.2, 0) is 4.79 Å². The minimum Gasteiger partial charge on any atom is -0.508 e. The maximum atomic E-state index is 11.2. The van der Waals surface area contributed by atoms with Crippen molar-refractivity contribution in [2.75, 3.05) is 0 Å². The molecule has 1 N–H and O–H groups in total. The quantitative estimate of drug-likeness (QED) is 0.866. The van der Waals surface area contributed by atoms with Crippen LogP contribution in [-0.4, -0.2) is 27.2 Å². The van der Waals surface area contributed by atoms with Crippen molar-refractivity contribution < 1.29 is 9.90 Å². The molecule has 1 aliphatic rings. The Labute approximate surface area is 116 Å². The number of nitrogens with zero attached hydrogens (tertiary/aromatic N) is 3. The lowest BCUT2D eigenvalue weighted by atomic mass is 9.99. The molecule has 1 aromatic carbocycles. The second kappa shape index (κ2) is 5.13. The number of carbonyl (C=O) groups is 1. The molecule has 1 atom stereocenters. The molecular formula is C15H13N3O2. The summed E-state index contributed by atoms with van der Waals surface area (Å²) in [5, 5.41) is 15.6. The number of rotatable bonds is 3. The third-order valence-electron chi connectivity index (χ3n) is 3.34. The summed E-state index contributed by atoms with van der Waals surface area (Å²) in [4.78, 5) is 15.3. The molecule has 1 aromatic heterocycles. The van der Waals surface area contributed by atoms with Gasteiger partial charge in [-0.05, 0) is 12.1 Å². The molecule has 1 unspecified atom stereocenters. The molecule has 2 heterocycles. The second-order valence-corrected chi connectivity index (χ2v) is 4.55. The summed E-state index contributed by atoms with van der Waals surface area (Å²) in [7, 11) is 0. The molecule has 1 amide bonds. The summed E-state index contributed by atoms with van der Waals surface area (Å²) in [5.74, 6) is 0.173. The molecule has 0 saturated heterocycles. The molecule has 0 saturated carbocycles. The van der Waals surface area contributed by atoms with Crippen molar-refractivity contribution in [1.29, 1.82) is 0 Å². The van der Waals surface area contributed by atoms with Crippen molar-refractivity contribution in [3.05, 3.63) is 59.9 Å².